The fourth-order valence-electron chi connectivity index (χ4n) is 1.93. The lowest BCUT2D eigenvalue weighted by molar-refractivity contribution is 0.255. The third-order valence-corrected chi connectivity index (χ3v) is 3.21. The van der Waals surface area contributed by atoms with Crippen molar-refractivity contribution in [3.05, 3.63) is 35.0 Å². The number of nitrogens with one attached hydrogen (secondary N) is 2. The molecule has 4 nitrogen and oxygen atoms in total. The molecule has 2 rings (SSSR count). The maximum atomic E-state index is 11.6. The maximum absolute atomic E-state index is 11.6. The largest absolute Gasteiger partial charge is 0.399 e. The number of carbonyl (C=O) groups excluding carboxylic acids is 1. The van der Waals surface area contributed by atoms with Gasteiger partial charge in [0.05, 0.1) is 10.7 Å². The van der Waals surface area contributed by atoms with Crippen LogP contribution in [0, 0.1) is 0 Å². The van der Waals surface area contributed by atoms with Crippen LogP contribution in [0.2, 0.25) is 5.02 Å². The molecule has 1 aromatic carbocycles. The predicted octanol–water partition coefficient (Wildman–Crippen LogP) is 3.50. The summed E-state index contributed by atoms with van der Waals surface area (Å²) in [6.07, 6.45) is 6.34. The van der Waals surface area contributed by atoms with Gasteiger partial charge in [-0.2, -0.15) is 0 Å². The van der Waals surface area contributed by atoms with Gasteiger partial charge >= 0.3 is 6.03 Å². The zero-order chi connectivity index (χ0) is 13.0. The first kappa shape index (κ1) is 12.8. The minimum Gasteiger partial charge on any atom is -0.399 e. The number of amides is 2. The molecule has 4 N–H and O–H groups in total. The van der Waals surface area contributed by atoms with Gasteiger partial charge in [-0.05, 0) is 43.9 Å². The number of hydrogen-bond acceptors (Lipinski definition) is 2. The molecule has 1 aromatic rings. The Labute approximate surface area is 111 Å². The van der Waals surface area contributed by atoms with E-state index in [-0.39, 0.29) is 6.03 Å². The molecule has 1 saturated carbocycles. The van der Waals surface area contributed by atoms with Gasteiger partial charge in [-0.1, -0.05) is 17.2 Å². The van der Waals surface area contributed by atoms with Gasteiger partial charge in [0.2, 0.25) is 0 Å². The average molecular weight is 266 g/mol. The van der Waals surface area contributed by atoms with E-state index in [1.807, 2.05) is 0 Å². The summed E-state index contributed by atoms with van der Waals surface area (Å²) in [6, 6.07) is 4.69. The summed E-state index contributed by atoms with van der Waals surface area (Å²) in [7, 11) is 0. The first-order chi connectivity index (χ1) is 8.65. The number of rotatable bonds is 2. The molecular formula is C13H16ClN3O. The molecule has 0 unspecified atom stereocenters. The van der Waals surface area contributed by atoms with Crippen molar-refractivity contribution in [2.24, 2.45) is 0 Å². The van der Waals surface area contributed by atoms with Crippen LogP contribution in [0.25, 0.3) is 0 Å². The van der Waals surface area contributed by atoms with Gasteiger partial charge in [0, 0.05) is 11.9 Å². The smallest absolute Gasteiger partial charge is 0.323 e. The van der Waals surface area contributed by atoms with E-state index in [2.05, 4.69) is 10.6 Å². The standard InChI is InChI=1S/C13H16ClN3O/c14-11-7-10(15)5-6-12(11)17-13(18)16-8-9-3-1-2-4-9/h5-8H,1-4,15H2,(H2,16,17,18). The number of benzene rings is 1. The highest BCUT2D eigenvalue weighted by molar-refractivity contribution is 6.34. The van der Waals surface area contributed by atoms with Crippen molar-refractivity contribution in [3.8, 4) is 0 Å². The molecule has 0 spiro atoms. The summed E-state index contributed by atoms with van der Waals surface area (Å²) in [4.78, 5) is 11.6. The quantitative estimate of drug-likeness (QED) is 0.717. The lowest BCUT2D eigenvalue weighted by Gasteiger charge is -2.07. The van der Waals surface area contributed by atoms with Crippen LogP contribution in [-0.2, 0) is 0 Å². The average Bonchev–Trinajstić information content (AvgIpc) is 2.83. The van der Waals surface area contributed by atoms with Crippen LogP contribution in [0.4, 0.5) is 16.2 Å². The Morgan fingerprint density at radius 2 is 2.06 bits per heavy atom. The summed E-state index contributed by atoms with van der Waals surface area (Å²) in [5.74, 6) is 0. The van der Waals surface area contributed by atoms with Crippen molar-refractivity contribution >= 4 is 29.0 Å². The van der Waals surface area contributed by atoms with Gasteiger partial charge in [-0.25, -0.2) is 4.79 Å². The molecular weight excluding hydrogens is 250 g/mol. The molecule has 96 valence electrons. The molecule has 5 heteroatoms. The van der Waals surface area contributed by atoms with Crippen molar-refractivity contribution in [1.82, 2.24) is 5.32 Å². The van der Waals surface area contributed by atoms with Gasteiger partial charge in [0.1, 0.15) is 0 Å². The van der Waals surface area contributed by atoms with Crippen molar-refractivity contribution in [1.29, 1.82) is 0 Å². The Morgan fingerprint density at radius 1 is 1.33 bits per heavy atom. The Hall–Kier alpha value is -1.68. The first-order valence-corrected chi connectivity index (χ1v) is 6.33. The number of carbonyl (C=O) groups is 1. The third-order valence-electron chi connectivity index (χ3n) is 2.89. The Bertz CT molecular complexity index is 477. The van der Waals surface area contributed by atoms with Crippen LogP contribution >= 0.6 is 11.6 Å². The summed E-state index contributed by atoms with van der Waals surface area (Å²) in [5, 5.41) is 5.82. The predicted molar refractivity (Wildman–Crippen MR) is 74.6 cm³/mol. The molecule has 1 fully saturated rings. The third kappa shape index (κ3) is 3.40. The van der Waals surface area contributed by atoms with Crippen LogP contribution in [0.15, 0.2) is 30.0 Å². The highest BCUT2D eigenvalue weighted by Gasteiger charge is 2.08. The zero-order valence-electron chi connectivity index (χ0n) is 10.0. The van der Waals surface area contributed by atoms with Crippen LogP contribution in [0.1, 0.15) is 25.7 Å². The number of anilines is 2. The number of allylic oxidation sites excluding steroid dienone is 1. The number of nitrogen functional groups attached to an aromatic ring is 1. The van der Waals surface area contributed by atoms with Crippen molar-refractivity contribution in [3.63, 3.8) is 0 Å². The number of hydrogen-bond donors (Lipinski definition) is 3. The zero-order valence-corrected chi connectivity index (χ0v) is 10.8. The van der Waals surface area contributed by atoms with Crippen LogP contribution in [0.3, 0.4) is 0 Å². The topological polar surface area (TPSA) is 67.1 Å². The van der Waals surface area contributed by atoms with Gasteiger partial charge in [0.25, 0.3) is 0 Å². The van der Waals surface area contributed by atoms with E-state index in [0.29, 0.717) is 16.4 Å². The van der Waals surface area contributed by atoms with Gasteiger partial charge in [0.15, 0.2) is 0 Å². The molecule has 1 aliphatic rings. The molecule has 18 heavy (non-hydrogen) atoms. The van der Waals surface area contributed by atoms with Crippen LogP contribution in [0.5, 0.6) is 0 Å². The first-order valence-electron chi connectivity index (χ1n) is 5.95. The molecule has 0 aromatic heterocycles. The van der Waals surface area contributed by atoms with E-state index < -0.39 is 0 Å². The van der Waals surface area contributed by atoms with Gasteiger partial charge < -0.3 is 16.4 Å². The summed E-state index contributed by atoms with van der Waals surface area (Å²) < 4.78 is 0. The monoisotopic (exact) mass is 265 g/mol. The van der Waals surface area contributed by atoms with E-state index >= 15 is 0 Å². The molecule has 0 aliphatic heterocycles. The Morgan fingerprint density at radius 3 is 2.72 bits per heavy atom. The van der Waals surface area contributed by atoms with Crippen LogP contribution in [-0.4, -0.2) is 6.03 Å². The van der Waals surface area contributed by atoms with Crippen molar-refractivity contribution < 1.29 is 4.79 Å². The molecule has 2 amide bonds. The fourth-order valence-corrected chi connectivity index (χ4v) is 2.17. The number of halogens is 1. The number of nitrogens with two attached hydrogens (primary N) is 1. The second-order valence-corrected chi connectivity index (χ2v) is 4.75. The van der Waals surface area contributed by atoms with Gasteiger partial charge in [-0.15, -0.1) is 0 Å². The van der Waals surface area contributed by atoms with Crippen LogP contribution < -0.4 is 16.4 Å². The molecule has 0 bridgehead atoms. The summed E-state index contributed by atoms with van der Waals surface area (Å²) >= 11 is 5.96. The molecule has 0 atom stereocenters. The summed E-state index contributed by atoms with van der Waals surface area (Å²) in [6.45, 7) is 0. The van der Waals surface area contributed by atoms with Crippen molar-refractivity contribution in [2.75, 3.05) is 11.1 Å². The Balaban J connectivity index is 1.92. The molecule has 1 aliphatic carbocycles. The fraction of sp³-hybridized carbons (Fsp3) is 0.308. The lowest BCUT2D eigenvalue weighted by Crippen LogP contribution is -2.24. The molecule has 0 radical (unpaired) electrons. The maximum Gasteiger partial charge on any atom is 0.323 e. The second kappa shape index (κ2) is 5.78. The number of urea groups is 1. The molecule has 0 saturated heterocycles. The Kier molecular flexibility index (Phi) is 4.10. The van der Waals surface area contributed by atoms with Gasteiger partial charge in [-0.3, -0.25) is 0 Å². The van der Waals surface area contributed by atoms with E-state index in [4.69, 9.17) is 17.3 Å². The van der Waals surface area contributed by atoms with E-state index in [1.54, 1.807) is 24.4 Å². The minimum absolute atomic E-state index is 0.291. The minimum atomic E-state index is -0.291. The summed E-state index contributed by atoms with van der Waals surface area (Å²) in [5.41, 5.74) is 7.98. The highest BCUT2D eigenvalue weighted by atomic mass is 35.5. The van der Waals surface area contributed by atoms with E-state index in [1.165, 1.54) is 18.4 Å². The second-order valence-electron chi connectivity index (χ2n) is 4.35. The van der Waals surface area contributed by atoms with E-state index in [0.717, 1.165) is 12.8 Å². The van der Waals surface area contributed by atoms with E-state index in [9.17, 15) is 4.79 Å². The normalized spacial score (nSPS) is 14.4. The molecule has 0 heterocycles. The SMILES string of the molecule is Nc1ccc(NC(=O)NC=C2CCCC2)c(Cl)c1. The highest BCUT2D eigenvalue weighted by Crippen LogP contribution is 2.24. The van der Waals surface area contributed by atoms with Crippen molar-refractivity contribution in [2.45, 2.75) is 25.7 Å². The lowest BCUT2D eigenvalue weighted by atomic mass is 10.2.